The van der Waals surface area contributed by atoms with Gasteiger partial charge in [-0.25, -0.2) is 0 Å². The Morgan fingerprint density at radius 2 is 1.83 bits per heavy atom. The fourth-order valence-corrected chi connectivity index (χ4v) is 1.64. The van der Waals surface area contributed by atoms with Crippen molar-refractivity contribution in [2.45, 2.75) is 32.3 Å². The third-order valence-electron chi connectivity index (χ3n) is 2.96. The lowest BCUT2D eigenvalue weighted by atomic mass is 9.87. The number of hydrogen-bond donors (Lipinski definition) is 2. The Morgan fingerprint density at radius 3 is 2.22 bits per heavy atom. The van der Waals surface area contributed by atoms with Gasteiger partial charge in [-0.15, -0.1) is 0 Å². The van der Waals surface area contributed by atoms with E-state index in [1.165, 1.54) is 10.5 Å². The molecule has 0 aliphatic rings. The molecule has 1 rings (SSSR count). The predicted octanol–water partition coefficient (Wildman–Crippen LogP) is 1.27. The van der Waals surface area contributed by atoms with E-state index in [0.717, 1.165) is 5.69 Å². The number of hydrogen-bond acceptors (Lipinski definition) is 3. The third-order valence-corrected chi connectivity index (χ3v) is 2.96. The highest BCUT2D eigenvalue weighted by Gasteiger charge is 2.19. The summed E-state index contributed by atoms with van der Waals surface area (Å²) in [5.41, 5.74) is 7.30. The van der Waals surface area contributed by atoms with E-state index < -0.39 is 6.10 Å². The number of likely N-dealkylation sites (N-methyl/N-ethyl adjacent to an activating group) is 1. The zero-order chi connectivity index (χ0) is 13.9. The SMILES string of the molecule is CN(C(=O)C(O)CN)c1ccc(C(C)(C)C)cc1. The average molecular weight is 250 g/mol. The number of aliphatic hydroxyl groups excluding tert-OH is 1. The fraction of sp³-hybridized carbons (Fsp3) is 0.500. The van der Waals surface area contributed by atoms with Crippen LogP contribution in [0.25, 0.3) is 0 Å². The molecule has 0 heterocycles. The number of carbonyl (C=O) groups is 1. The molecule has 1 aromatic rings. The van der Waals surface area contributed by atoms with Crippen molar-refractivity contribution in [3.63, 3.8) is 0 Å². The Labute approximate surface area is 108 Å². The van der Waals surface area contributed by atoms with E-state index in [9.17, 15) is 9.90 Å². The maximum Gasteiger partial charge on any atom is 0.256 e. The normalized spacial score (nSPS) is 13.2. The maximum absolute atomic E-state index is 11.8. The number of nitrogens with zero attached hydrogens (tertiary/aromatic N) is 1. The van der Waals surface area contributed by atoms with Gasteiger partial charge in [0.1, 0.15) is 6.10 Å². The molecule has 1 unspecified atom stereocenters. The first kappa shape index (κ1) is 14.7. The van der Waals surface area contributed by atoms with Crippen LogP contribution in [0.4, 0.5) is 5.69 Å². The maximum atomic E-state index is 11.8. The highest BCUT2D eigenvalue weighted by Crippen LogP contribution is 2.24. The molecule has 1 aromatic carbocycles. The van der Waals surface area contributed by atoms with Gasteiger partial charge < -0.3 is 15.7 Å². The number of nitrogens with two attached hydrogens (primary N) is 1. The summed E-state index contributed by atoms with van der Waals surface area (Å²) in [6.07, 6.45) is -1.14. The van der Waals surface area contributed by atoms with Crippen LogP contribution in [0, 0.1) is 0 Å². The van der Waals surface area contributed by atoms with E-state index in [4.69, 9.17) is 5.73 Å². The molecule has 18 heavy (non-hydrogen) atoms. The molecule has 1 amide bonds. The first-order valence-corrected chi connectivity index (χ1v) is 6.03. The number of anilines is 1. The molecule has 1 atom stereocenters. The van der Waals surface area contributed by atoms with E-state index in [1.54, 1.807) is 7.05 Å². The van der Waals surface area contributed by atoms with Crippen molar-refractivity contribution in [2.24, 2.45) is 5.73 Å². The van der Waals surface area contributed by atoms with Crippen LogP contribution in [0.5, 0.6) is 0 Å². The van der Waals surface area contributed by atoms with Gasteiger partial charge in [0, 0.05) is 19.3 Å². The summed E-state index contributed by atoms with van der Waals surface area (Å²) in [7, 11) is 1.63. The van der Waals surface area contributed by atoms with Crippen molar-refractivity contribution in [1.29, 1.82) is 0 Å². The monoisotopic (exact) mass is 250 g/mol. The van der Waals surface area contributed by atoms with Gasteiger partial charge in [0.2, 0.25) is 0 Å². The van der Waals surface area contributed by atoms with Crippen LogP contribution in [0.1, 0.15) is 26.3 Å². The van der Waals surface area contributed by atoms with Crippen molar-refractivity contribution < 1.29 is 9.90 Å². The molecular weight excluding hydrogens is 228 g/mol. The van der Waals surface area contributed by atoms with Gasteiger partial charge in [0.25, 0.3) is 5.91 Å². The molecule has 0 saturated heterocycles. The fourth-order valence-electron chi connectivity index (χ4n) is 1.64. The highest BCUT2D eigenvalue weighted by atomic mass is 16.3. The minimum Gasteiger partial charge on any atom is -0.382 e. The second-order valence-corrected chi connectivity index (χ2v) is 5.45. The zero-order valence-corrected chi connectivity index (χ0v) is 11.5. The van der Waals surface area contributed by atoms with Gasteiger partial charge in [-0.1, -0.05) is 32.9 Å². The standard InChI is InChI=1S/C14H22N2O2/c1-14(2,3)10-5-7-11(8-6-10)16(4)13(18)12(17)9-15/h5-8,12,17H,9,15H2,1-4H3. The Balaban J connectivity index is 2.89. The lowest BCUT2D eigenvalue weighted by Gasteiger charge is -2.23. The molecule has 4 nitrogen and oxygen atoms in total. The summed E-state index contributed by atoms with van der Waals surface area (Å²) in [6.45, 7) is 6.34. The number of carbonyl (C=O) groups excluding carboxylic acids is 1. The van der Waals surface area contributed by atoms with Crippen molar-refractivity contribution in [1.82, 2.24) is 0 Å². The molecule has 100 valence electrons. The van der Waals surface area contributed by atoms with Gasteiger partial charge in [-0.2, -0.15) is 0 Å². The van der Waals surface area contributed by atoms with Crippen LogP contribution in [-0.2, 0) is 10.2 Å². The molecule has 0 bridgehead atoms. The Bertz CT molecular complexity index is 407. The minimum absolute atomic E-state index is 0.0662. The molecule has 0 aliphatic carbocycles. The minimum atomic E-state index is -1.14. The molecule has 0 radical (unpaired) electrons. The summed E-state index contributed by atoms with van der Waals surface area (Å²) in [5.74, 6) is -0.388. The topological polar surface area (TPSA) is 66.6 Å². The van der Waals surface area contributed by atoms with Gasteiger partial charge in [-0.3, -0.25) is 4.79 Å². The molecule has 4 heteroatoms. The lowest BCUT2D eigenvalue weighted by Crippen LogP contribution is -2.40. The van der Waals surface area contributed by atoms with Crippen LogP contribution in [0.2, 0.25) is 0 Å². The average Bonchev–Trinajstić information content (AvgIpc) is 2.35. The number of benzene rings is 1. The van der Waals surface area contributed by atoms with Crippen molar-refractivity contribution in [3.05, 3.63) is 29.8 Å². The molecule has 0 aliphatic heterocycles. The largest absolute Gasteiger partial charge is 0.382 e. The summed E-state index contributed by atoms with van der Waals surface area (Å²) in [5, 5.41) is 9.43. The number of amides is 1. The molecule has 0 aromatic heterocycles. The second kappa shape index (κ2) is 5.50. The van der Waals surface area contributed by atoms with Gasteiger partial charge in [0.05, 0.1) is 0 Å². The third kappa shape index (κ3) is 3.31. The lowest BCUT2D eigenvalue weighted by molar-refractivity contribution is -0.125. The van der Waals surface area contributed by atoms with E-state index in [-0.39, 0.29) is 17.9 Å². The number of rotatable bonds is 3. The number of aliphatic hydroxyl groups is 1. The van der Waals surface area contributed by atoms with Crippen LogP contribution in [0.3, 0.4) is 0 Å². The summed E-state index contributed by atoms with van der Waals surface area (Å²) in [6, 6.07) is 7.74. The molecule has 3 N–H and O–H groups in total. The first-order valence-electron chi connectivity index (χ1n) is 6.03. The molecule has 0 fully saturated rings. The van der Waals surface area contributed by atoms with Crippen molar-refractivity contribution >= 4 is 11.6 Å². The predicted molar refractivity (Wildman–Crippen MR) is 73.6 cm³/mol. The van der Waals surface area contributed by atoms with Crippen LogP contribution in [0.15, 0.2) is 24.3 Å². The molecule has 0 spiro atoms. The zero-order valence-electron chi connectivity index (χ0n) is 11.5. The van der Waals surface area contributed by atoms with Crippen LogP contribution < -0.4 is 10.6 Å². The quantitative estimate of drug-likeness (QED) is 0.849. The first-order chi connectivity index (χ1) is 8.27. The Morgan fingerprint density at radius 1 is 1.33 bits per heavy atom. The Kier molecular flexibility index (Phi) is 4.48. The Hall–Kier alpha value is -1.39. The van der Waals surface area contributed by atoms with Crippen LogP contribution >= 0.6 is 0 Å². The van der Waals surface area contributed by atoms with Gasteiger partial charge >= 0.3 is 0 Å². The van der Waals surface area contributed by atoms with Gasteiger partial charge in [0.15, 0.2) is 0 Å². The van der Waals surface area contributed by atoms with E-state index in [0.29, 0.717) is 0 Å². The smallest absolute Gasteiger partial charge is 0.256 e. The second-order valence-electron chi connectivity index (χ2n) is 5.45. The van der Waals surface area contributed by atoms with Crippen LogP contribution in [-0.4, -0.2) is 30.7 Å². The summed E-state index contributed by atoms with van der Waals surface area (Å²) in [4.78, 5) is 13.2. The molecular formula is C14H22N2O2. The van der Waals surface area contributed by atoms with Gasteiger partial charge in [-0.05, 0) is 23.1 Å². The summed E-state index contributed by atoms with van der Waals surface area (Å²) < 4.78 is 0. The summed E-state index contributed by atoms with van der Waals surface area (Å²) >= 11 is 0. The van der Waals surface area contributed by atoms with Crippen molar-refractivity contribution in [2.75, 3.05) is 18.5 Å². The van der Waals surface area contributed by atoms with E-state index in [2.05, 4.69) is 20.8 Å². The highest BCUT2D eigenvalue weighted by molar-refractivity contribution is 5.96. The van der Waals surface area contributed by atoms with E-state index >= 15 is 0 Å². The van der Waals surface area contributed by atoms with E-state index in [1.807, 2.05) is 24.3 Å². The molecule has 0 saturated carbocycles. The van der Waals surface area contributed by atoms with Crippen molar-refractivity contribution in [3.8, 4) is 0 Å².